The van der Waals surface area contributed by atoms with Crippen LogP contribution in [0.3, 0.4) is 0 Å². The van der Waals surface area contributed by atoms with Crippen LogP contribution >= 0.6 is 11.6 Å². The van der Waals surface area contributed by atoms with E-state index >= 15 is 0 Å². The first-order chi connectivity index (χ1) is 9.06. The van der Waals surface area contributed by atoms with Crippen LogP contribution in [0.1, 0.15) is 16.7 Å². The van der Waals surface area contributed by atoms with Crippen molar-refractivity contribution in [1.82, 2.24) is 0 Å². The summed E-state index contributed by atoms with van der Waals surface area (Å²) < 4.78 is 13.3. The molecule has 0 aliphatic carbocycles. The lowest BCUT2D eigenvalue weighted by Crippen LogP contribution is -2.14. The van der Waals surface area contributed by atoms with E-state index < -0.39 is 11.9 Å². The second-order valence-electron chi connectivity index (χ2n) is 4.76. The van der Waals surface area contributed by atoms with Crippen molar-refractivity contribution in [3.8, 4) is 0 Å². The molecule has 0 saturated carbocycles. The zero-order valence-electron chi connectivity index (χ0n) is 10.7. The summed E-state index contributed by atoms with van der Waals surface area (Å²) in [5, 5.41) is 10.2. The fourth-order valence-corrected chi connectivity index (χ4v) is 2.23. The van der Waals surface area contributed by atoms with Gasteiger partial charge in [0.1, 0.15) is 5.82 Å². The third-order valence-electron chi connectivity index (χ3n) is 3.08. The number of aryl methyl sites for hydroxylation is 1. The summed E-state index contributed by atoms with van der Waals surface area (Å²) in [5.74, 6) is -0.443. The van der Waals surface area contributed by atoms with E-state index in [1.807, 2.05) is 31.2 Å². The zero-order valence-corrected chi connectivity index (χ0v) is 11.5. The Hall–Kier alpha value is -1.38. The number of rotatable bonds is 4. The standard InChI is InChI=1S/C16H16ClFO/c1-11-5-7-12(8-6-11)9-14(19)10-13-3-2-4-15(18)16(13)17/h2-8,14,19H,9-10H2,1H3. The van der Waals surface area contributed by atoms with Crippen LogP contribution < -0.4 is 0 Å². The van der Waals surface area contributed by atoms with Gasteiger partial charge in [0.25, 0.3) is 0 Å². The van der Waals surface area contributed by atoms with Crippen molar-refractivity contribution in [2.45, 2.75) is 25.9 Å². The highest BCUT2D eigenvalue weighted by Crippen LogP contribution is 2.21. The largest absolute Gasteiger partial charge is 0.392 e. The quantitative estimate of drug-likeness (QED) is 0.898. The minimum Gasteiger partial charge on any atom is -0.392 e. The molecule has 0 spiro atoms. The molecule has 2 rings (SSSR count). The van der Waals surface area contributed by atoms with E-state index in [1.165, 1.54) is 11.6 Å². The summed E-state index contributed by atoms with van der Waals surface area (Å²) in [4.78, 5) is 0. The van der Waals surface area contributed by atoms with Crippen molar-refractivity contribution in [3.05, 3.63) is 70.0 Å². The van der Waals surface area contributed by atoms with Crippen LogP contribution in [0.4, 0.5) is 4.39 Å². The first-order valence-electron chi connectivity index (χ1n) is 6.23. The molecular weight excluding hydrogens is 263 g/mol. The van der Waals surface area contributed by atoms with E-state index in [-0.39, 0.29) is 5.02 Å². The minimum atomic E-state index is -0.568. The highest BCUT2D eigenvalue weighted by molar-refractivity contribution is 6.31. The van der Waals surface area contributed by atoms with Crippen LogP contribution in [0.5, 0.6) is 0 Å². The lowest BCUT2D eigenvalue weighted by atomic mass is 10.0. The average Bonchev–Trinajstić information content (AvgIpc) is 2.38. The SMILES string of the molecule is Cc1ccc(CC(O)Cc2cccc(F)c2Cl)cc1. The number of hydrogen-bond donors (Lipinski definition) is 1. The molecule has 0 aromatic heterocycles. The Kier molecular flexibility index (Phi) is 4.56. The van der Waals surface area contributed by atoms with E-state index in [4.69, 9.17) is 11.6 Å². The maximum Gasteiger partial charge on any atom is 0.142 e. The summed E-state index contributed by atoms with van der Waals surface area (Å²) in [6.45, 7) is 2.02. The van der Waals surface area contributed by atoms with E-state index in [0.29, 0.717) is 18.4 Å². The molecule has 1 atom stereocenters. The molecule has 2 aromatic rings. The van der Waals surface area contributed by atoms with Crippen LogP contribution in [0.15, 0.2) is 42.5 Å². The van der Waals surface area contributed by atoms with Gasteiger partial charge in [-0.2, -0.15) is 0 Å². The van der Waals surface area contributed by atoms with Crippen LogP contribution in [-0.2, 0) is 12.8 Å². The van der Waals surface area contributed by atoms with Gasteiger partial charge in [-0.25, -0.2) is 4.39 Å². The molecule has 100 valence electrons. The number of hydrogen-bond acceptors (Lipinski definition) is 1. The van der Waals surface area contributed by atoms with Gasteiger partial charge >= 0.3 is 0 Å². The normalized spacial score (nSPS) is 12.4. The second kappa shape index (κ2) is 6.18. The van der Waals surface area contributed by atoms with Gasteiger partial charge in [-0.1, -0.05) is 53.6 Å². The first kappa shape index (κ1) is 14.0. The third-order valence-corrected chi connectivity index (χ3v) is 3.50. The molecule has 19 heavy (non-hydrogen) atoms. The molecule has 0 radical (unpaired) electrons. The van der Waals surface area contributed by atoms with E-state index in [1.54, 1.807) is 12.1 Å². The van der Waals surface area contributed by atoms with Gasteiger partial charge in [0.15, 0.2) is 0 Å². The number of aliphatic hydroxyl groups excluding tert-OH is 1. The predicted molar refractivity (Wildman–Crippen MR) is 76.0 cm³/mol. The molecule has 1 nitrogen and oxygen atoms in total. The smallest absolute Gasteiger partial charge is 0.142 e. The van der Waals surface area contributed by atoms with Crippen LogP contribution in [0.25, 0.3) is 0 Å². The predicted octanol–water partition coefficient (Wildman–Crippen LogP) is 3.93. The maximum absolute atomic E-state index is 13.3. The Bertz CT molecular complexity index is 551. The van der Waals surface area contributed by atoms with Crippen molar-refractivity contribution in [2.75, 3.05) is 0 Å². The Morgan fingerprint density at radius 2 is 1.79 bits per heavy atom. The molecule has 2 aromatic carbocycles. The van der Waals surface area contributed by atoms with Crippen LogP contribution in [0.2, 0.25) is 5.02 Å². The van der Waals surface area contributed by atoms with Crippen molar-refractivity contribution in [1.29, 1.82) is 0 Å². The Balaban J connectivity index is 2.03. The molecular formula is C16H16ClFO. The lowest BCUT2D eigenvalue weighted by molar-refractivity contribution is 0.175. The Morgan fingerprint density at radius 3 is 2.47 bits per heavy atom. The second-order valence-corrected chi connectivity index (χ2v) is 5.14. The maximum atomic E-state index is 13.3. The molecule has 0 bridgehead atoms. The molecule has 1 unspecified atom stereocenters. The third kappa shape index (κ3) is 3.79. The van der Waals surface area contributed by atoms with Gasteiger partial charge in [0, 0.05) is 6.42 Å². The average molecular weight is 279 g/mol. The monoisotopic (exact) mass is 278 g/mol. The molecule has 3 heteroatoms. The highest BCUT2D eigenvalue weighted by atomic mass is 35.5. The molecule has 1 N–H and O–H groups in total. The molecule has 0 saturated heterocycles. The summed E-state index contributed by atoms with van der Waals surface area (Å²) in [6.07, 6.45) is 0.319. The summed E-state index contributed by atoms with van der Waals surface area (Å²) in [5.41, 5.74) is 2.89. The number of aliphatic hydroxyl groups is 1. The highest BCUT2D eigenvalue weighted by Gasteiger charge is 2.11. The molecule has 0 aliphatic heterocycles. The molecule has 0 aliphatic rings. The van der Waals surface area contributed by atoms with E-state index in [9.17, 15) is 9.50 Å². The Morgan fingerprint density at radius 1 is 1.11 bits per heavy atom. The van der Waals surface area contributed by atoms with Gasteiger partial charge < -0.3 is 5.11 Å². The van der Waals surface area contributed by atoms with Crippen LogP contribution in [-0.4, -0.2) is 11.2 Å². The first-order valence-corrected chi connectivity index (χ1v) is 6.60. The summed E-state index contributed by atoms with van der Waals surface area (Å²) in [6, 6.07) is 12.7. The van der Waals surface area contributed by atoms with Crippen molar-refractivity contribution in [3.63, 3.8) is 0 Å². The molecule has 0 fully saturated rings. The van der Waals surface area contributed by atoms with Gasteiger partial charge in [0.2, 0.25) is 0 Å². The van der Waals surface area contributed by atoms with Crippen molar-refractivity contribution < 1.29 is 9.50 Å². The van der Waals surface area contributed by atoms with Gasteiger partial charge in [-0.3, -0.25) is 0 Å². The van der Waals surface area contributed by atoms with Crippen molar-refractivity contribution in [2.24, 2.45) is 0 Å². The van der Waals surface area contributed by atoms with Crippen molar-refractivity contribution >= 4 is 11.6 Å². The summed E-state index contributed by atoms with van der Waals surface area (Å²) >= 11 is 5.87. The lowest BCUT2D eigenvalue weighted by Gasteiger charge is -2.12. The number of halogens is 2. The van der Waals surface area contributed by atoms with Crippen LogP contribution in [0, 0.1) is 12.7 Å². The van der Waals surface area contributed by atoms with E-state index in [2.05, 4.69) is 0 Å². The van der Waals surface area contributed by atoms with Gasteiger partial charge in [-0.05, 0) is 30.5 Å². The fraction of sp³-hybridized carbons (Fsp3) is 0.250. The zero-order chi connectivity index (χ0) is 13.8. The van der Waals surface area contributed by atoms with E-state index in [0.717, 1.165) is 5.56 Å². The summed E-state index contributed by atoms with van der Waals surface area (Å²) in [7, 11) is 0. The number of benzene rings is 2. The molecule has 0 heterocycles. The Labute approximate surface area is 117 Å². The minimum absolute atomic E-state index is 0.102. The topological polar surface area (TPSA) is 20.2 Å². The fourth-order valence-electron chi connectivity index (χ4n) is 2.03. The molecule has 0 amide bonds. The van der Waals surface area contributed by atoms with Gasteiger partial charge in [0.05, 0.1) is 11.1 Å². The van der Waals surface area contributed by atoms with Gasteiger partial charge in [-0.15, -0.1) is 0 Å².